The maximum absolute atomic E-state index is 10.7. The third-order valence-electron chi connectivity index (χ3n) is 2.78. The highest BCUT2D eigenvalue weighted by Gasteiger charge is 2.43. The fourth-order valence-electron chi connectivity index (χ4n) is 1.88. The zero-order valence-electron chi connectivity index (χ0n) is 6.95. The molecule has 2 rings (SSSR count). The molecule has 12 heavy (non-hydrogen) atoms. The second-order valence-electron chi connectivity index (χ2n) is 3.59. The molecule has 1 aliphatic carbocycles. The third kappa shape index (κ3) is 1.16. The first-order valence-corrected chi connectivity index (χ1v) is 4.34. The fraction of sp³-hybridized carbons (Fsp3) is 0.875. The number of carbonyl (C=O) groups is 1. The average molecular weight is 171 g/mol. The maximum atomic E-state index is 10.7. The Kier molecular flexibility index (Phi) is 1.72. The molecule has 0 unspecified atom stereocenters. The molecule has 0 radical (unpaired) electrons. The molecule has 0 bridgehead atoms. The Bertz CT molecular complexity index is 200. The minimum atomic E-state index is -0.815. The Balaban J connectivity index is 1.98. The summed E-state index contributed by atoms with van der Waals surface area (Å²) in [5.41, 5.74) is -0.101. The largest absolute Gasteiger partial charge is 0.465 e. The van der Waals surface area contributed by atoms with Gasteiger partial charge >= 0.3 is 6.09 Å². The number of hydrogen-bond donors (Lipinski definition) is 1. The zero-order valence-corrected chi connectivity index (χ0v) is 6.95. The molecule has 1 saturated carbocycles. The summed E-state index contributed by atoms with van der Waals surface area (Å²) in [5, 5.41) is 8.76. The van der Waals surface area contributed by atoms with E-state index < -0.39 is 6.09 Å². The summed E-state index contributed by atoms with van der Waals surface area (Å²) in [7, 11) is 0. The van der Waals surface area contributed by atoms with Gasteiger partial charge in [0.2, 0.25) is 0 Å². The van der Waals surface area contributed by atoms with Crippen molar-refractivity contribution in [1.29, 1.82) is 0 Å². The summed E-state index contributed by atoms with van der Waals surface area (Å²) in [6.07, 6.45) is 2.41. The Morgan fingerprint density at radius 1 is 1.50 bits per heavy atom. The molecular formula is C8H13NO3. The van der Waals surface area contributed by atoms with Crippen molar-refractivity contribution in [2.45, 2.75) is 24.9 Å². The van der Waals surface area contributed by atoms with Gasteiger partial charge in [0.1, 0.15) is 0 Å². The van der Waals surface area contributed by atoms with Gasteiger partial charge in [-0.1, -0.05) is 0 Å². The quantitative estimate of drug-likeness (QED) is 0.589. The highest BCUT2D eigenvalue weighted by molar-refractivity contribution is 5.65. The lowest BCUT2D eigenvalue weighted by Crippen LogP contribution is -2.56. The van der Waals surface area contributed by atoms with Gasteiger partial charge < -0.3 is 14.7 Å². The fourth-order valence-corrected chi connectivity index (χ4v) is 1.88. The number of nitrogens with zero attached hydrogens (tertiary/aromatic N) is 1. The minimum Gasteiger partial charge on any atom is -0.465 e. The van der Waals surface area contributed by atoms with Crippen molar-refractivity contribution in [1.82, 2.24) is 4.90 Å². The van der Waals surface area contributed by atoms with Crippen LogP contribution in [0.25, 0.3) is 0 Å². The Morgan fingerprint density at radius 2 is 2.25 bits per heavy atom. The van der Waals surface area contributed by atoms with Gasteiger partial charge in [-0.25, -0.2) is 4.79 Å². The third-order valence-corrected chi connectivity index (χ3v) is 2.78. The number of carboxylic acid groups (broad SMARTS) is 1. The van der Waals surface area contributed by atoms with E-state index in [4.69, 9.17) is 9.84 Å². The van der Waals surface area contributed by atoms with Crippen LogP contribution in [-0.2, 0) is 4.74 Å². The van der Waals surface area contributed by atoms with E-state index in [1.807, 2.05) is 0 Å². The molecule has 2 aliphatic rings. The smallest absolute Gasteiger partial charge is 0.407 e. The average Bonchev–Trinajstić information content (AvgIpc) is 2.02. The SMILES string of the molecule is O=C(O)N1CCOC2(CCC2)C1. The molecule has 1 heterocycles. The standard InChI is InChI=1S/C8H13NO3/c10-7(11)9-4-5-12-8(6-9)2-1-3-8/h1-6H2,(H,10,11). The van der Waals surface area contributed by atoms with Gasteiger partial charge in [0.15, 0.2) is 0 Å². The van der Waals surface area contributed by atoms with Crippen LogP contribution >= 0.6 is 0 Å². The molecule has 4 nitrogen and oxygen atoms in total. The van der Waals surface area contributed by atoms with Crippen LogP contribution in [0.1, 0.15) is 19.3 Å². The molecular weight excluding hydrogens is 158 g/mol. The van der Waals surface area contributed by atoms with Crippen LogP contribution in [-0.4, -0.2) is 41.4 Å². The van der Waals surface area contributed by atoms with Gasteiger partial charge in [0.05, 0.1) is 18.8 Å². The van der Waals surface area contributed by atoms with Crippen LogP contribution in [0.4, 0.5) is 4.79 Å². The molecule has 2 fully saturated rings. The molecule has 0 atom stereocenters. The summed E-state index contributed by atoms with van der Waals surface area (Å²) < 4.78 is 5.58. The molecule has 1 amide bonds. The summed E-state index contributed by atoms with van der Waals surface area (Å²) >= 11 is 0. The van der Waals surface area contributed by atoms with Crippen molar-refractivity contribution in [3.63, 3.8) is 0 Å². The first-order chi connectivity index (χ1) is 5.72. The summed E-state index contributed by atoms with van der Waals surface area (Å²) in [6.45, 7) is 1.66. The van der Waals surface area contributed by atoms with Gasteiger partial charge in [-0.3, -0.25) is 0 Å². The lowest BCUT2D eigenvalue weighted by molar-refractivity contribution is -0.144. The van der Waals surface area contributed by atoms with Crippen molar-refractivity contribution in [2.75, 3.05) is 19.7 Å². The highest BCUT2D eigenvalue weighted by Crippen LogP contribution is 2.37. The molecule has 0 aromatic carbocycles. The van der Waals surface area contributed by atoms with E-state index >= 15 is 0 Å². The van der Waals surface area contributed by atoms with Crippen LogP contribution in [0.5, 0.6) is 0 Å². The molecule has 68 valence electrons. The molecule has 4 heteroatoms. The second kappa shape index (κ2) is 2.62. The van der Waals surface area contributed by atoms with Gasteiger partial charge in [0, 0.05) is 6.54 Å². The van der Waals surface area contributed by atoms with E-state index in [1.165, 1.54) is 11.3 Å². The molecule has 1 N–H and O–H groups in total. The molecule has 1 aliphatic heterocycles. The van der Waals surface area contributed by atoms with Gasteiger partial charge in [-0.2, -0.15) is 0 Å². The van der Waals surface area contributed by atoms with E-state index in [9.17, 15) is 4.79 Å². The lowest BCUT2D eigenvalue weighted by atomic mass is 9.79. The van der Waals surface area contributed by atoms with Crippen LogP contribution in [0, 0.1) is 0 Å². The number of ether oxygens (including phenoxy) is 1. The predicted molar refractivity (Wildman–Crippen MR) is 42.1 cm³/mol. The van der Waals surface area contributed by atoms with Crippen molar-refractivity contribution in [3.05, 3.63) is 0 Å². The molecule has 1 spiro atoms. The first-order valence-electron chi connectivity index (χ1n) is 4.34. The normalized spacial score (nSPS) is 26.8. The predicted octanol–water partition coefficient (Wildman–Crippen LogP) is 0.919. The van der Waals surface area contributed by atoms with E-state index in [1.54, 1.807) is 0 Å². The molecule has 0 aromatic heterocycles. The number of morpholine rings is 1. The second-order valence-corrected chi connectivity index (χ2v) is 3.59. The van der Waals surface area contributed by atoms with E-state index in [2.05, 4.69) is 0 Å². The Morgan fingerprint density at radius 3 is 2.75 bits per heavy atom. The number of rotatable bonds is 0. The summed E-state index contributed by atoms with van der Waals surface area (Å²) in [6, 6.07) is 0. The van der Waals surface area contributed by atoms with Crippen molar-refractivity contribution in [2.24, 2.45) is 0 Å². The van der Waals surface area contributed by atoms with Crippen molar-refractivity contribution >= 4 is 6.09 Å². The zero-order chi connectivity index (χ0) is 8.60. The number of amides is 1. The summed E-state index contributed by atoms with van der Waals surface area (Å²) in [4.78, 5) is 12.1. The van der Waals surface area contributed by atoms with Crippen LogP contribution in [0.3, 0.4) is 0 Å². The van der Waals surface area contributed by atoms with Gasteiger partial charge in [0.25, 0.3) is 0 Å². The maximum Gasteiger partial charge on any atom is 0.407 e. The van der Waals surface area contributed by atoms with Gasteiger partial charge in [-0.15, -0.1) is 0 Å². The molecule has 1 saturated heterocycles. The monoisotopic (exact) mass is 171 g/mol. The van der Waals surface area contributed by atoms with Crippen LogP contribution in [0.2, 0.25) is 0 Å². The Labute approximate surface area is 71.1 Å². The Hall–Kier alpha value is -0.770. The minimum absolute atomic E-state index is 0.101. The van der Waals surface area contributed by atoms with Gasteiger partial charge in [-0.05, 0) is 19.3 Å². The highest BCUT2D eigenvalue weighted by atomic mass is 16.5. The van der Waals surface area contributed by atoms with E-state index in [0.29, 0.717) is 19.7 Å². The van der Waals surface area contributed by atoms with Crippen LogP contribution < -0.4 is 0 Å². The van der Waals surface area contributed by atoms with Crippen molar-refractivity contribution in [3.8, 4) is 0 Å². The topological polar surface area (TPSA) is 49.8 Å². The number of hydrogen-bond acceptors (Lipinski definition) is 2. The molecule has 0 aromatic rings. The van der Waals surface area contributed by atoms with E-state index in [0.717, 1.165) is 12.8 Å². The lowest BCUT2D eigenvalue weighted by Gasteiger charge is -2.47. The summed E-state index contributed by atoms with van der Waals surface area (Å²) in [5.74, 6) is 0. The van der Waals surface area contributed by atoms with Crippen molar-refractivity contribution < 1.29 is 14.6 Å². The first kappa shape index (κ1) is 7.86. The van der Waals surface area contributed by atoms with E-state index in [-0.39, 0.29) is 5.60 Å². The van der Waals surface area contributed by atoms with Crippen LogP contribution in [0.15, 0.2) is 0 Å².